The molecular weight excluding hydrogens is 406 g/mol. The molecule has 0 saturated heterocycles. The molecule has 0 amide bonds. The molecule has 6 nitrogen and oxygen atoms in total. The van der Waals surface area contributed by atoms with Gasteiger partial charge < -0.3 is 19.5 Å². The monoisotopic (exact) mass is 424 g/mol. The summed E-state index contributed by atoms with van der Waals surface area (Å²) in [6, 6.07) is 13.4. The number of halogens is 2. The van der Waals surface area contributed by atoms with Crippen molar-refractivity contribution in [3.63, 3.8) is 0 Å². The van der Waals surface area contributed by atoms with Gasteiger partial charge in [0.15, 0.2) is 0 Å². The van der Waals surface area contributed by atoms with Crippen molar-refractivity contribution in [2.75, 3.05) is 7.11 Å². The lowest BCUT2D eigenvalue weighted by Crippen LogP contribution is -1.95. The zero-order chi connectivity index (χ0) is 22.0. The van der Waals surface area contributed by atoms with Crippen molar-refractivity contribution >= 4 is 0 Å². The van der Waals surface area contributed by atoms with Crippen molar-refractivity contribution in [3.8, 4) is 39.7 Å². The van der Waals surface area contributed by atoms with Gasteiger partial charge in [-0.25, -0.2) is 8.78 Å². The van der Waals surface area contributed by atoms with Gasteiger partial charge in [0.25, 0.3) is 5.89 Å². The summed E-state index contributed by atoms with van der Waals surface area (Å²) in [7, 11) is 1.43. The lowest BCUT2D eigenvalue weighted by Gasteiger charge is -2.11. The second kappa shape index (κ2) is 8.63. The maximum Gasteiger partial charge on any atom is 0.261 e. The SMILES string of the molecule is COc1cc(-c2nc(-c3ccc(CO)c(CO)c3)no2)c(F)cc1-c1cccc(F)c1. The Hall–Kier alpha value is -3.62. The predicted octanol–water partition coefficient (Wildman–Crippen LogP) is 4.34. The van der Waals surface area contributed by atoms with E-state index in [0.717, 1.165) is 0 Å². The van der Waals surface area contributed by atoms with Gasteiger partial charge in [-0.1, -0.05) is 29.4 Å². The number of ether oxygens (including phenoxy) is 1. The molecule has 0 bridgehead atoms. The van der Waals surface area contributed by atoms with Gasteiger partial charge in [0.1, 0.15) is 17.4 Å². The molecule has 0 fully saturated rings. The van der Waals surface area contributed by atoms with Crippen LogP contribution in [0, 0.1) is 11.6 Å². The van der Waals surface area contributed by atoms with Crippen LogP contribution in [0.1, 0.15) is 11.1 Å². The number of benzene rings is 3. The lowest BCUT2D eigenvalue weighted by molar-refractivity contribution is 0.260. The molecule has 0 aliphatic heterocycles. The van der Waals surface area contributed by atoms with Gasteiger partial charge in [-0.3, -0.25) is 0 Å². The van der Waals surface area contributed by atoms with Crippen molar-refractivity contribution in [1.82, 2.24) is 10.1 Å². The molecular formula is C23H18F2N2O4. The molecule has 2 N–H and O–H groups in total. The van der Waals surface area contributed by atoms with Crippen molar-refractivity contribution in [2.45, 2.75) is 13.2 Å². The van der Waals surface area contributed by atoms with Gasteiger partial charge in [0.2, 0.25) is 5.82 Å². The molecule has 0 aliphatic carbocycles. The minimum absolute atomic E-state index is 0.0325. The summed E-state index contributed by atoms with van der Waals surface area (Å²) in [5, 5.41) is 22.7. The van der Waals surface area contributed by atoms with Crippen molar-refractivity contribution in [2.24, 2.45) is 0 Å². The number of nitrogens with zero attached hydrogens (tertiary/aromatic N) is 2. The molecule has 1 aromatic heterocycles. The third-order valence-electron chi connectivity index (χ3n) is 4.89. The van der Waals surface area contributed by atoms with Crippen LogP contribution in [0.25, 0.3) is 34.0 Å². The second-order valence-corrected chi connectivity index (χ2v) is 6.77. The molecule has 0 saturated carbocycles. The van der Waals surface area contributed by atoms with Crippen LogP contribution in [0.4, 0.5) is 8.78 Å². The Labute approximate surface area is 176 Å². The van der Waals surface area contributed by atoms with E-state index in [4.69, 9.17) is 9.26 Å². The zero-order valence-electron chi connectivity index (χ0n) is 16.5. The first-order valence-electron chi connectivity index (χ1n) is 9.35. The highest BCUT2D eigenvalue weighted by molar-refractivity contribution is 5.75. The van der Waals surface area contributed by atoms with Gasteiger partial charge in [0.05, 0.1) is 25.9 Å². The fourth-order valence-corrected chi connectivity index (χ4v) is 3.28. The summed E-state index contributed by atoms with van der Waals surface area (Å²) in [6.07, 6.45) is 0. The van der Waals surface area contributed by atoms with Gasteiger partial charge in [-0.2, -0.15) is 4.98 Å². The van der Waals surface area contributed by atoms with E-state index < -0.39 is 11.6 Å². The molecule has 0 radical (unpaired) electrons. The van der Waals surface area contributed by atoms with Crippen LogP contribution in [0.15, 0.2) is 59.1 Å². The van der Waals surface area contributed by atoms with E-state index >= 15 is 0 Å². The summed E-state index contributed by atoms with van der Waals surface area (Å²) < 4.78 is 39.2. The molecule has 0 spiro atoms. The molecule has 31 heavy (non-hydrogen) atoms. The van der Waals surface area contributed by atoms with E-state index in [1.54, 1.807) is 24.3 Å². The first-order chi connectivity index (χ1) is 15.0. The molecule has 0 aliphatic rings. The maximum atomic E-state index is 14.9. The van der Waals surface area contributed by atoms with Gasteiger partial charge >= 0.3 is 0 Å². The molecule has 3 aromatic carbocycles. The fourth-order valence-electron chi connectivity index (χ4n) is 3.28. The van der Waals surface area contributed by atoms with Gasteiger partial charge in [-0.15, -0.1) is 0 Å². The van der Waals surface area contributed by atoms with E-state index in [2.05, 4.69) is 10.1 Å². The number of methoxy groups -OCH3 is 1. The smallest absolute Gasteiger partial charge is 0.261 e. The Bertz CT molecular complexity index is 1240. The Morgan fingerprint density at radius 1 is 0.903 bits per heavy atom. The first kappa shape index (κ1) is 20.6. The van der Waals surface area contributed by atoms with Crippen LogP contribution in [0.5, 0.6) is 5.75 Å². The summed E-state index contributed by atoms with van der Waals surface area (Å²) >= 11 is 0. The zero-order valence-corrected chi connectivity index (χ0v) is 16.5. The van der Waals surface area contributed by atoms with Crippen LogP contribution in [-0.4, -0.2) is 27.5 Å². The molecule has 8 heteroatoms. The van der Waals surface area contributed by atoms with E-state index in [9.17, 15) is 19.0 Å². The molecule has 4 rings (SSSR count). The summed E-state index contributed by atoms with van der Waals surface area (Å²) in [6.45, 7) is -0.474. The highest BCUT2D eigenvalue weighted by atomic mass is 19.1. The van der Waals surface area contributed by atoms with E-state index in [-0.39, 0.29) is 30.5 Å². The molecule has 158 valence electrons. The fraction of sp³-hybridized carbons (Fsp3) is 0.130. The maximum absolute atomic E-state index is 14.9. The van der Waals surface area contributed by atoms with Crippen LogP contribution < -0.4 is 4.74 Å². The van der Waals surface area contributed by atoms with Crippen LogP contribution in [-0.2, 0) is 13.2 Å². The predicted molar refractivity (Wildman–Crippen MR) is 109 cm³/mol. The first-order valence-corrected chi connectivity index (χ1v) is 9.35. The highest BCUT2D eigenvalue weighted by Gasteiger charge is 2.19. The number of hydrogen-bond acceptors (Lipinski definition) is 6. The second-order valence-electron chi connectivity index (χ2n) is 6.77. The average molecular weight is 424 g/mol. The largest absolute Gasteiger partial charge is 0.496 e. The van der Waals surface area contributed by atoms with Gasteiger partial charge in [0, 0.05) is 11.1 Å². The third-order valence-corrected chi connectivity index (χ3v) is 4.89. The quantitative estimate of drug-likeness (QED) is 0.479. The van der Waals surface area contributed by atoms with Gasteiger partial charge in [-0.05, 0) is 47.0 Å². The molecule has 0 unspecified atom stereocenters. The topological polar surface area (TPSA) is 88.6 Å². The number of rotatable bonds is 6. The third kappa shape index (κ3) is 4.03. The molecule has 1 heterocycles. The average Bonchev–Trinajstić information content (AvgIpc) is 3.28. The number of aliphatic hydroxyl groups excluding tert-OH is 2. The summed E-state index contributed by atoms with van der Waals surface area (Å²) in [4.78, 5) is 4.26. The lowest BCUT2D eigenvalue weighted by atomic mass is 10.0. The van der Waals surface area contributed by atoms with Crippen LogP contribution in [0.3, 0.4) is 0 Å². The van der Waals surface area contributed by atoms with Crippen molar-refractivity contribution in [3.05, 3.63) is 77.4 Å². The minimum atomic E-state index is -0.637. The van der Waals surface area contributed by atoms with E-state index in [1.807, 2.05) is 0 Å². The Morgan fingerprint density at radius 2 is 1.71 bits per heavy atom. The van der Waals surface area contributed by atoms with Crippen LogP contribution >= 0.6 is 0 Å². The summed E-state index contributed by atoms with van der Waals surface area (Å²) in [5.74, 6) is -0.631. The summed E-state index contributed by atoms with van der Waals surface area (Å²) in [5.41, 5.74) is 2.53. The minimum Gasteiger partial charge on any atom is -0.496 e. The van der Waals surface area contributed by atoms with E-state index in [0.29, 0.717) is 33.6 Å². The number of aliphatic hydroxyl groups is 2. The van der Waals surface area contributed by atoms with E-state index in [1.165, 1.54) is 37.4 Å². The Balaban J connectivity index is 1.74. The normalized spacial score (nSPS) is 11.0. The van der Waals surface area contributed by atoms with Crippen LogP contribution in [0.2, 0.25) is 0 Å². The highest BCUT2D eigenvalue weighted by Crippen LogP contribution is 2.36. The molecule has 0 atom stereocenters. The number of aromatic nitrogens is 2. The standard InChI is InChI=1S/C23H18F2N2O4/c1-30-21-10-19(20(25)9-18(21)13-3-2-4-17(24)8-13)23-26-22(27-31-23)14-5-6-15(11-28)16(7-14)12-29/h2-10,28-29H,11-12H2,1H3. The molecule has 4 aromatic rings. The van der Waals surface area contributed by atoms with Crippen molar-refractivity contribution in [1.29, 1.82) is 0 Å². The number of hydrogen-bond donors (Lipinski definition) is 2. The Kier molecular flexibility index (Phi) is 5.75. The Morgan fingerprint density at radius 3 is 2.42 bits per heavy atom. The van der Waals surface area contributed by atoms with Crippen molar-refractivity contribution < 1.29 is 28.3 Å².